The third-order valence-corrected chi connectivity index (χ3v) is 3.66. The third-order valence-electron chi connectivity index (χ3n) is 2.23. The predicted octanol–water partition coefficient (Wildman–Crippen LogP) is 1.21. The molecule has 2 rings (SSSR count). The van der Waals surface area contributed by atoms with Gasteiger partial charge in [0.05, 0.1) is 11.9 Å². The van der Waals surface area contributed by atoms with Crippen molar-refractivity contribution in [3.05, 3.63) is 30.0 Å². The van der Waals surface area contributed by atoms with Crippen LogP contribution in [0.2, 0.25) is 0 Å². The van der Waals surface area contributed by atoms with E-state index in [1.165, 1.54) is 17.2 Å². The average molecular weight is 273 g/mol. The molecule has 0 spiro atoms. The van der Waals surface area contributed by atoms with Crippen LogP contribution in [0, 0.1) is 13.8 Å². The van der Waals surface area contributed by atoms with Crippen molar-refractivity contribution in [2.24, 2.45) is 0 Å². The average Bonchev–Trinajstić information content (AvgIpc) is 2.59. The largest absolute Gasteiger partial charge is 0.264 e. The molecule has 8 heteroatoms. The van der Waals surface area contributed by atoms with Crippen molar-refractivity contribution < 1.29 is 8.42 Å². The lowest BCUT2D eigenvalue weighted by Gasteiger charge is -2.03. The van der Waals surface area contributed by atoms with Gasteiger partial charge in [-0.05, 0) is 13.8 Å². The highest BCUT2D eigenvalue weighted by atomic mass is 35.7. The zero-order valence-electron chi connectivity index (χ0n) is 9.12. The SMILES string of the molecule is Cc1cc(-n2ncc(S(=O)(=O)Cl)c2C)ncn1. The molecule has 0 saturated carbocycles. The molecule has 17 heavy (non-hydrogen) atoms. The minimum absolute atomic E-state index is 0.0181. The quantitative estimate of drug-likeness (QED) is 0.768. The number of hydrogen-bond acceptors (Lipinski definition) is 5. The fourth-order valence-corrected chi connectivity index (χ4v) is 2.49. The molecule has 0 saturated heterocycles. The molecule has 2 heterocycles. The van der Waals surface area contributed by atoms with Crippen LogP contribution >= 0.6 is 10.7 Å². The molecule has 0 atom stereocenters. The minimum atomic E-state index is -3.79. The van der Waals surface area contributed by atoms with Gasteiger partial charge < -0.3 is 0 Å². The molecule has 0 fully saturated rings. The second kappa shape index (κ2) is 4.08. The second-order valence-electron chi connectivity index (χ2n) is 3.46. The first-order chi connectivity index (χ1) is 7.89. The van der Waals surface area contributed by atoms with Gasteiger partial charge in [0.15, 0.2) is 5.82 Å². The lowest BCUT2D eigenvalue weighted by atomic mass is 10.4. The monoisotopic (exact) mass is 272 g/mol. The molecular formula is C9H9ClN4O2S. The minimum Gasteiger partial charge on any atom is -0.242 e. The Labute approximate surface area is 103 Å². The van der Waals surface area contributed by atoms with E-state index in [4.69, 9.17) is 10.7 Å². The fraction of sp³-hybridized carbons (Fsp3) is 0.222. The highest BCUT2D eigenvalue weighted by Crippen LogP contribution is 2.20. The first-order valence-corrected chi connectivity index (χ1v) is 6.99. The smallest absolute Gasteiger partial charge is 0.242 e. The topological polar surface area (TPSA) is 77.7 Å². The van der Waals surface area contributed by atoms with Gasteiger partial charge in [0.25, 0.3) is 9.05 Å². The van der Waals surface area contributed by atoms with Crippen LogP contribution in [-0.4, -0.2) is 28.2 Å². The molecule has 0 radical (unpaired) electrons. The van der Waals surface area contributed by atoms with E-state index in [9.17, 15) is 8.42 Å². The molecule has 0 aliphatic rings. The van der Waals surface area contributed by atoms with Crippen molar-refractivity contribution in [2.45, 2.75) is 18.7 Å². The lowest BCUT2D eigenvalue weighted by Crippen LogP contribution is -2.03. The number of halogens is 1. The van der Waals surface area contributed by atoms with E-state index >= 15 is 0 Å². The van der Waals surface area contributed by atoms with E-state index in [0.717, 1.165) is 5.69 Å². The van der Waals surface area contributed by atoms with Crippen LogP contribution in [0.25, 0.3) is 5.82 Å². The number of aryl methyl sites for hydroxylation is 1. The summed E-state index contributed by atoms with van der Waals surface area (Å²) in [6.45, 7) is 3.42. The maximum absolute atomic E-state index is 11.2. The van der Waals surface area contributed by atoms with Crippen molar-refractivity contribution in [1.82, 2.24) is 19.7 Å². The molecule has 90 valence electrons. The summed E-state index contributed by atoms with van der Waals surface area (Å²) in [7, 11) is 1.50. The molecule has 0 aromatic carbocycles. The summed E-state index contributed by atoms with van der Waals surface area (Å²) in [5, 5.41) is 3.96. The Hall–Kier alpha value is -1.47. The van der Waals surface area contributed by atoms with Crippen LogP contribution in [0.4, 0.5) is 0 Å². The van der Waals surface area contributed by atoms with Crippen LogP contribution in [0.3, 0.4) is 0 Å². The van der Waals surface area contributed by atoms with E-state index in [2.05, 4.69) is 15.1 Å². The maximum atomic E-state index is 11.2. The van der Waals surface area contributed by atoms with Crippen molar-refractivity contribution in [1.29, 1.82) is 0 Å². The molecule has 2 aromatic rings. The van der Waals surface area contributed by atoms with Crippen LogP contribution in [-0.2, 0) is 9.05 Å². The van der Waals surface area contributed by atoms with E-state index in [1.54, 1.807) is 13.0 Å². The van der Waals surface area contributed by atoms with Gasteiger partial charge in [-0.2, -0.15) is 5.10 Å². The summed E-state index contributed by atoms with van der Waals surface area (Å²) in [5.41, 5.74) is 1.18. The van der Waals surface area contributed by atoms with Crippen molar-refractivity contribution in [3.63, 3.8) is 0 Å². The van der Waals surface area contributed by atoms with Gasteiger partial charge in [0, 0.05) is 22.4 Å². The molecular weight excluding hydrogens is 264 g/mol. The van der Waals surface area contributed by atoms with Crippen molar-refractivity contribution in [2.75, 3.05) is 0 Å². The van der Waals surface area contributed by atoms with Gasteiger partial charge in [-0.15, -0.1) is 0 Å². The normalized spacial score (nSPS) is 11.7. The number of nitrogens with zero attached hydrogens (tertiary/aromatic N) is 4. The Balaban J connectivity index is 2.60. The van der Waals surface area contributed by atoms with E-state index in [1.807, 2.05) is 6.92 Å². The number of hydrogen-bond donors (Lipinski definition) is 0. The first kappa shape index (κ1) is 12.0. The summed E-state index contributed by atoms with van der Waals surface area (Å²) in [4.78, 5) is 7.95. The van der Waals surface area contributed by atoms with Gasteiger partial charge in [0.2, 0.25) is 0 Å². The summed E-state index contributed by atoms with van der Waals surface area (Å²) in [5.74, 6) is 0.501. The summed E-state index contributed by atoms with van der Waals surface area (Å²) < 4.78 is 23.9. The van der Waals surface area contributed by atoms with Crippen LogP contribution in [0.1, 0.15) is 11.4 Å². The standard InChI is InChI=1S/C9H9ClN4O2S/c1-6-3-9(12-5-11-6)14-7(2)8(4-13-14)17(10,15)16/h3-5H,1-2H3. The predicted molar refractivity (Wildman–Crippen MR) is 61.7 cm³/mol. The molecule has 2 aromatic heterocycles. The van der Waals surface area contributed by atoms with Crippen LogP contribution < -0.4 is 0 Å². The lowest BCUT2D eigenvalue weighted by molar-refractivity contribution is 0.609. The highest BCUT2D eigenvalue weighted by molar-refractivity contribution is 8.13. The van der Waals surface area contributed by atoms with Crippen molar-refractivity contribution in [3.8, 4) is 5.82 Å². The fourth-order valence-electron chi connectivity index (χ4n) is 1.42. The summed E-state index contributed by atoms with van der Waals surface area (Å²) in [6.07, 6.45) is 2.59. The molecule has 0 N–H and O–H groups in total. The Bertz CT molecular complexity index is 665. The summed E-state index contributed by atoms with van der Waals surface area (Å²) in [6, 6.07) is 1.70. The Kier molecular flexibility index (Phi) is 2.88. The maximum Gasteiger partial charge on any atom is 0.264 e. The van der Waals surface area contributed by atoms with E-state index < -0.39 is 9.05 Å². The van der Waals surface area contributed by atoms with Gasteiger partial charge in [0.1, 0.15) is 11.2 Å². The molecule has 0 aliphatic heterocycles. The molecule has 0 aliphatic carbocycles. The van der Waals surface area contributed by atoms with E-state index in [0.29, 0.717) is 11.5 Å². The van der Waals surface area contributed by atoms with Crippen LogP contribution in [0.5, 0.6) is 0 Å². The first-order valence-electron chi connectivity index (χ1n) is 4.68. The number of aromatic nitrogens is 4. The molecule has 0 unspecified atom stereocenters. The molecule has 6 nitrogen and oxygen atoms in total. The van der Waals surface area contributed by atoms with Gasteiger partial charge >= 0.3 is 0 Å². The number of rotatable bonds is 2. The van der Waals surface area contributed by atoms with Gasteiger partial charge in [-0.3, -0.25) is 0 Å². The Morgan fingerprint density at radius 1 is 1.29 bits per heavy atom. The molecule has 0 bridgehead atoms. The Morgan fingerprint density at radius 2 is 2.00 bits per heavy atom. The van der Waals surface area contributed by atoms with Gasteiger partial charge in [-0.25, -0.2) is 23.1 Å². The zero-order chi connectivity index (χ0) is 12.6. The second-order valence-corrected chi connectivity index (χ2v) is 6.00. The Morgan fingerprint density at radius 3 is 2.53 bits per heavy atom. The summed E-state index contributed by atoms with van der Waals surface area (Å²) >= 11 is 0. The highest BCUT2D eigenvalue weighted by Gasteiger charge is 2.19. The zero-order valence-corrected chi connectivity index (χ0v) is 10.7. The van der Waals surface area contributed by atoms with Gasteiger partial charge in [-0.1, -0.05) is 0 Å². The van der Waals surface area contributed by atoms with E-state index in [-0.39, 0.29) is 4.90 Å². The third kappa shape index (κ3) is 2.29. The molecule has 0 amide bonds. The van der Waals surface area contributed by atoms with Crippen LogP contribution in [0.15, 0.2) is 23.5 Å². The van der Waals surface area contributed by atoms with Crippen molar-refractivity contribution >= 4 is 19.7 Å².